The van der Waals surface area contributed by atoms with Gasteiger partial charge in [0.05, 0.1) is 16.4 Å². The van der Waals surface area contributed by atoms with Crippen LogP contribution in [0.3, 0.4) is 0 Å². The van der Waals surface area contributed by atoms with Crippen LogP contribution in [0.2, 0.25) is 0 Å². The molecule has 2 N–H and O–H groups in total. The summed E-state index contributed by atoms with van der Waals surface area (Å²) >= 11 is 1.33. The Labute approximate surface area is 160 Å². The zero-order valence-corrected chi connectivity index (χ0v) is 15.5. The maximum Gasteiger partial charge on any atom is 0.271 e. The molecule has 0 heterocycles. The van der Waals surface area contributed by atoms with Crippen LogP contribution in [-0.2, 0) is 9.59 Å². The van der Waals surface area contributed by atoms with Gasteiger partial charge in [0.1, 0.15) is 0 Å². The molecule has 140 valence electrons. The number of non-ortho nitro benzene ring substituents is 1. The van der Waals surface area contributed by atoms with E-state index < -0.39 is 4.92 Å². The summed E-state index contributed by atoms with van der Waals surface area (Å²) in [4.78, 5) is 35.3. The predicted octanol–water partition coefficient (Wildman–Crippen LogP) is 3.98. The third kappa shape index (κ3) is 5.30. The van der Waals surface area contributed by atoms with Crippen molar-refractivity contribution in [1.29, 1.82) is 0 Å². The minimum absolute atomic E-state index is 0.0380. The summed E-state index contributed by atoms with van der Waals surface area (Å²) < 4.78 is 0. The molecule has 2 amide bonds. The monoisotopic (exact) mass is 385 g/mol. The Morgan fingerprint density at radius 3 is 2.67 bits per heavy atom. The van der Waals surface area contributed by atoms with E-state index in [-0.39, 0.29) is 29.2 Å². The topological polar surface area (TPSA) is 101 Å². The van der Waals surface area contributed by atoms with Gasteiger partial charge in [-0.1, -0.05) is 12.1 Å². The Morgan fingerprint density at radius 1 is 1.19 bits per heavy atom. The Kier molecular flexibility index (Phi) is 5.75. The number of hydrogen-bond donors (Lipinski definition) is 2. The van der Waals surface area contributed by atoms with E-state index in [1.807, 2.05) is 24.3 Å². The van der Waals surface area contributed by atoms with Gasteiger partial charge in [0, 0.05) is 28.6 Å². The standard InChI is InChI=1S/C19H19N3O4S/c1-12-5-8-15(22(25)26)10-17(12)21-18(23)11-27-16-4-2-3-14(9-16)20-19(24)13-6-7-13/h2-5,8-10,13H,6-7,11H2,1H3,(H,20,24)(H,21,23). The summed E-state index contributed by atoms with van der Waals surface area (Å²) in [5.74, 6) is 0.0691. The number of amides is 2. The Bertz CT molecular complexity index is 896. The molecule has 3 rings (SSSR count). The Hall–Kier alpha value is -2.87. The molecule has 1 fully saturated rings. The summed E-state index contributed by atoms with van der Waals surface area (Å²) in [6, 6.07) is 11.7. The second-order valence-electron chi connectivity index (χ2n) is 6.38. The predicted molar refractivity (Wildman–Crippen MR) is 105 cm³/mol. The average molecular weight is 385 g/mol. The highest BCUT2D eigenvalue weighted by atomic mass is 32.2. The second kappa shape index (κ2) is 8.22. The molecule has 1 aliphatic rings. The molecule has 0 spiro atoms. The van der Waals surface area contributed by atoms with Gasteiger partial charge in [0.15, 0.2) is 0 Å². The molecule has 0 saturated heterocycles. The molecular formula is C19H19N3O4S. The van der Waals surface area contributed by atoms with Crippen LogP contribution in [0.15, 0.2) is 47.4 Å². The lowest BCUT2D eigenvalue weighted by Crippen LogP contribution is -2.15. The van der Waals surface area contributed by atoms with Crippen molar-refractivity contribution in [3.63, 3.8) is 0 Å². The van der Waals surface area contributed by atoms with Gasteiger partial charge in [-0.15, -0.1) is 11.8 Å². The molecule has 0 bridgehead atoms. The number of carbonyl (C=O) groups excluding carboxylic acids is 2. The molecular weight excluding hydrogens is 366 g/mol. The number of thioether (sulfide) groups is 1. The van der Waals surface area contributed by atoms with E-state index >= 15 is 0 Å². The first-order valence-corrected chi connectivity index (χ1v) is 9.49. The van der Waals surface area contributed by atoms with Gasteiger partial charge < -0.3 is 10.6 Å². The fourth-order valence-electron chi connectivity index (χ4n) is 2.45. The third-order valence-electron chi connectivity index (χ3n) is 4.13. The van der Waals surface area contributed by atoms with Crippen molar-refractivity contribution in [3.05, 3.63) is 58.1 Å². The molecule has 8 heteroatoms. The Balaban J connectivity index is 1.57. The smallest absolute Gasteiger partial charge is 0.271 e. The molecule has 0 aliphatic heterocycles. The summed E-state index contributed by atoms with van der Waals surface area (Å²) in [5, 5.41) is 16.5. The van der Waals surface area contributed by atoms with E-state index in [2.05, 4.69) is 10.6 Å². The number of nitrogens with one attached hydrogen (secondary N) is 2. The van der Waals surface area contributed by atoms with Crippen LogP contribution in [0.1, 0.15) is 18.4 Å². The zero-order chi connectivity index (χ0) is 19.4. The summed E-state index contributed by atoms with van der Waals surface area (Å²) in [6.07, 6.45) is 1.88. The number of rotatable bonds is 7. The highest BCUT2D eigenvalue weighted by Gasteiger charge is 2.29. The van der Waals surface area contributed by atoms with E-state index in [4.69, 9.17) is 0 Å². The fourth-order valence-corrected chi connectivity index (χ4v) is 3.20. The average Bonchev–Trinajstić information content (AvgIpc) is 3.47. The van der Waals surface area contributed by atoms with Gasteiger partial charge in [-0.2, -0.15) is 0 Å². The van der Waals surface area contributed by atoms with E-state index in [1.165, 1.54) is 23.9 Å². The minimum atomic E-state index is -0.495. The molecule has 0 atom stereocenters. The SMILES string of the molecule is Cc1ccc([N+](=O)[O-])cc1NC(=O)CSc1cccc(NC(=O)C2CC2)c1. The number of hydrogen-bond acceptors (Lipinski definition) is 5. The molecule has 0 unspecified atom stereocenters. The number of aryl methyl sites for hydroxylation is 1. The minimum Gasteiger partial charge on any atom is -0.326 e. The van der Waals surface area contributed by atoms with Gasteiger partial charge in [0.25, 0.3) is 5.69 Å². The van der Waals surface area contributed by atoms with Crippen LogP contribution in [0.25, 0.3) is 0 Å². The van der Waals surface area contributed by atoms with E-state index in [9.17, 15) is 19.7 Å². The van der Waals surface area contributed by atoms with Crippen molar-refractivity contribution >= 4 is 40.6 Å². The number of benzene rings is 2. The quantitative estimate of drug-likeness (QED) is 0.426. The molecule has 27 heavy (non-hydrogen) atoms. The van der Waals surface area contributed by atoms with Gasteiger partial charge in [-0.3, -0.25) is 19.7 Å². The van der Waals surface area contributed by atoms with Crippen LogP contribution in [0.4, 0.5) is 17.1 Å². The first kappa shape index (κ1) is 18.9. The lowest BCUT2D eigenvalue weighted by atomic mass is 10.2. The largest absolute Gasteiger partial charge is 0.326 e. The highest BCUT2D eigenvalue weighted by molar-refractivity contribution is 8.00. The zero-order valence-electron chi connectivity index (χ0n) is 14.7. The number of anilines is 2. The summed E-state index contributed by atoms with van der Waals surface area (Å²) in [5.41, 5.74) is 1.83. The van der Waals surface area contributed by atoms with Gasteiger partial charge in [0.2, 0.25) is 11.8 Å². The normalized spacial score (nSPS) is 13.1. The van der Waals surface area contributed by atoms with Crippen LogP contribution in [0.5, 0.6) is 0 Å². The van der Waals surface area contributed by atoms with Crippen LogP contribution in [0, 0.1) is 23.0 Å². The van der Waals surface area contributed by atoms with E-state index in [0.29, 0.717) is 11.4 Å². The maximum atomic E-state index is 12.2. The number of nitrogens with zero attached hydrogens (tertiary/aromatic N) is 1. The van der Waals surface area contributed by atoms with Crippen molar-refractivity contribution in [2.45, 2.75) is 24.7 Å². The first-order chi connectivity index (χ1) is 12.9. The van der Waals surface area contributed by atoms with E-state index in [0.717, 1.165) is 23.3 Å². The molecule has 1 aliphatic carbocycles. The lowest BCUT2D eigenvalue weighted by molar-refractivity contribution is -0.384. The first-order valence-electron chi connectivity index (χ1n) is 8.51. The molecule has 0 aromatic heterocycles. The summed E-state index contributed by atoms with van der Waals surface area (Å²) in [6.45, 7) is 1.78. The number of carbonyl (C=O) groups is 2. The Morgan fingerprint density at radius 2 is 1.96 bits per heavy atom. The van der Waals surface area contributed by atoms with Crippen molar-refractivity contribution in [2.24, 2.45) is 5.92 Å². The maximum absolute atomic E-state index is 12.2. The van der Waals surface area contributed by atoms with Crippen molar-refractivity contribution in [1.82, 2.24) is 0 Å². The van der Waals surface area contributed by atoms with Crippen LogP contribution in [-0.4, -0.2) is 22.5 Å². The van der Waals surface area contributed by atoms with Gasteiger partial charge in [-0.25, -0.2) is 0 Å². The lowest BCUT2D eigenvalue weighted by Gasteiger charge is -2.09. The highest BCUT2D eigenvalue weighted by Crippen LogP contribution is 2.31. The third-order valence-corrected chi connectivity index (χ3v) is 5.12. The molecule has 1 saturated carbocycles. The molecule has 7 nitrogen and oxygen atoms in total. The second-order valence-corrected chi connectivity index (χ2v) is 7.43. The number of nitro benzene ring substituents is 1. The number of nitro groups is 1. The van der Waals surface area contributed by atoms with Crippen molar-refractivity contribution < 1.29 is 14.5 Å². The summed E-state index contributed by atoms with van der Waals surface area (Å²) in [7, 11) is 0. The van der Waals surface area contributed by atoms with Crippen molar-refractivity contribution in [2.75, 3.05) is 16.4 Å². The van der Waals surface area contributed by atoms with Crippen LogP contribution >= 0.6 is 11.8 Å². The molecule has 2 aromatic rings. The molecule has 2 aromatic carbocycles. The van der Waals surface area contributed by atoms with Gasteiger partial charge >= 0.3 is 0 Å². The van der Waals surface area contributed by atoms with Crippen molar-refractivity contribution in [3.8, 4) is 0 Å². The van der Waals surface area contributed by atoms with Gasteiger partial charge in [-0.05, 0) is 43.5 Å². The fraction of sp³-hybridized carbons (Fsp3) is 0.263. The molecule has 0 radical (unpaired) electrons. The van der Waals surface area contributed by atoms with Crippen LogP contribution < -0.4 is 10.6 Å². The van der Waals surface area contributed by atoms with E-state index in [1.54, 1.807) is 13.0 Å².